The summed E-state index contributed by atoms with van der Waals surface area (Å²) in [6.07, 6.45) is -0.519. The number of nitrogens with one attached hydrogen (secondary N) is 1. The van der Waals surface area contributed by atoms with Gasteiger partial charge in [-0.2, -0.15) is 13.2 Å². The molecule has 1 atom stereocenters. The van der Waals surface area contributed by atoms with Gasteiger partial charge in [0.2, 0.25) is 5.88 Å². The summed E-state index contributed by atoms with van der Waals surface area (Å²) in [5, 5.41) is 7.41. The number of aryl methyl sites for hydroxylation is 1. The highest BCUT2D eigenvalue weighted by Crippen LogP contribution is 2.45. The van der Waals surface area contributed by atoms with Gasteiger partial charge in [0.25, 0.3) is 15.6 Å². The normalized spacial score (nSPS) is 14.7. The van der Waals surface area contributed by atoms with Gasteiger partial charge in [-0.25, -0.2) is 43.5 Å². The fourth-order valence-corrected chi connectivity index (χ4v) is 4.69. The zero-order chi connectivity index (χ0) is 29.7. The number of anilines is 1. The molecule has 0 amide bonds. The zero-order valence-corrected chi connectivity index (χ0v) is 22.8. The van der Waals surface area contributed by atoms with Crippen molar-refractivity contribution in [1.82, 2.24) is 34.5 Å². The number of ether oxygens (including phenoxy) is 1. The van der Waals surface area contributed by atoms with Crippen LogP contribution >= 0.6 is 0 Å². The van der Waals surface area contributed by atoms with Gasteiger partial charge in [0.15, 0.2) is 22.3 Å². The lowest BCUT2D eigenvalue weighted by atomic mass is 10.1. The number of sulfonamides is 1. The van der Waals surface area contributed by atoms with Crippen molar-refractivity contribution in [3.8, 4) is 17.3 Å². The molecule has 3 N–H and O–H groups in total. The number of alkyl halides is 3. The van der Waals surface area contributed by atoms with Crippen LogP contribution in [0.4, 0.5) is 19.0 Å². The molecule has 17 heteroatoms. The second-order valence-corrected chi connectivity index (χ2v) is 11.0. The van der Waals surface area contributed by atoms with E-state index < -0.39 is 27.8 Å². The Hall–Kier alpha value is -4.25. The van der Waals surface area contributed by atoms with Crippen LogP contribution in [0.3, 0.4) is 0 Å². The third kappa shape index (κ3) is 5.54. The molecule has 216 valence electrons. The summed E-state index contributed by atoms with van der Waals surface area (Å²) in [7, 11) is -2.62. The number of nitrogens with zero attached hydrogens (tertiary/aromatic N) is 7. The van der Waals surface area contributed by atoms with Gasteiger partial charge in [-0.1, -0.05) is 6.07 Å². The van der Waals surface area contributed by atoms with E-state index in [1.54, 1.807) is 6.92 Å². The molecule has 1 fully saturated rings. The lowest BCUT2D eigenvalue weighted by molar-refractivity contribution is -0.162. The second-order valence-electron chi connectivity index (χ2n) is 9.48. The molecule has 1 aliphatic rings. The Morgan fingerprint density at radius 3 is 2.49 bits per heavy atom. The van der Waals surface area contributed by atoms with Crippen LogP contribution in [0.2, 0.25) is 0 Å². The Morgan fingerprint density at radius 1 is 1.17 bits per heavy atom. The summed E-state index contributed by atoms with van der Waals surface area (Å²) in [4.78, 5) is 38.9. The molecular weight excluding hydrogens is 567 g/mol. The van der Waals surface area contributed by atoms with Crippen molar-refractivity contribution in [3.63, 3.8) is 0 Å². The predicted octanol–water partition coefficient (Wildman–Crippen LogP) is 2.62. The number of halogens is 3. The molecule has 0 bridgehead atoms. The standard InChI is InChI=1S/C24H24F3N9O4S/c1-11-17-21(35-19(33-11)16-18(14-5-6-14)31-10-32-22(16)40-3)36(12(2)24(25,26)27)23(37)20(34-17)30-9-13-4-7-15(29-8-13)41(28,38)39/h4,7-8,10,12,14H,5-6,9H2,1-3H3,(H,30,34)(H2,28,38,39)/t12-/m0/s1. The average molecular weight is 592 g/mol. The fourth-order valence-electron chi connectivity index (χ4n) is 4.24. The number of rotatable bonds is 8. The molecule has 1 saturated carbocycles. The largest absolute Gasteiger partial charge is 0.480 e. The molecular formula is C24H24F3N9O4S. The van der Waals surface area contributed by atoms with Crippen LogP contribution in [0.5, 0.6) is 5.88 Å². The Bertz CT molecular complexity index is 1810. The summed E-state index contributed by atoms with van der Waals surface area (Å²) < 4.78 is 70.9. The predicted molar refractivity (Wildman–Crippen MR) is 140 cm³/mol. The molecule has 4 aromatic heterocycles. The molecule has 5 rings (SSSR count). The maximum Gasteiger partial charge on any atom is 0.409 e. The summed E-state index contributed by atoms with van der Waals surface area (Å²) in [6, 6.07) is 0.294. The number of pyridine rings is 1. The molecule has 0 unspecified atom stereocenters. The van der Waals surface area contributed by atoms with Gasteiger partial charge in [0.1, 0.15) is 23.4 Å². The van der Waals surface area contributed by atoms with Gasteiger partial charge < -0.3 is 10.1 Å². The van der Waals surface area contributed by atoms with Gasteiger partial charge in [0, 0.05) is 18.7 Å². The van der Waals surface area contributed by atoms with Gasteiger partial charge >= 0.3 is 6.18 Å². The Balaban J connectivity index is 1.65. The van der Waals surface area contributed by atoms with E-state index >= 15 is 0 Å². The highest BCUT2D eigenvalue weighted by Gasteiger charge is 2.40. The smallest absolute Gasteiger partial charge is 0.409 e. The number of methoxy groups -OCH3 is 1. The van der Waals surface area contributed by atoms with Crippen LogP contribution in [0.15, 0.2) is 34.5 Å². The van der Waals surface area contributed by atoms with Crippen molar-refractivity contribution in [1.29, 1.82) is 0 Å². The first-order valence-corrected chi connectivity index (χ1v) is 13.8. The number of hydrogen-bond acceptors (Lipinski definition) is 11. The van der Waals surface area contributed by atoms with Crippen molar-refractivity contribution in [3.05, 3.63) is 52.0 Å². The van der Waals surface area contributed by atoms with Crippen molar-refractivity contribution in [2.75, 3.05) is 12.4 Å². The van der Waals surface area contributed by atoms with E-state index in [4.69, 9.17) is 9.88 Å². The minimum Gasteiger partial charge on any atom is -0.480 e. The first-order chi connectivity index (χ1) is 19.3. The number of nitrogens with two attached hydrogens (primary N) is 1. The summed E-state index contributed by atoms with van der Waals surface area (Å²) in [5.74, 6) is -0.106. The van der Waals surface area contributed by atoms with E-state index in [2.05, 4.69) is 35.2 Å². The van der Waals surface area contributed by atoms with Crippen molar-refractivity contribution in [2.45, 2.75) is 56.4 Å². The van der Waals surface area contributed by atoms with Crippen molar-refractivity contribution >= 4 is 27.0 Å². The maximum absolute atomic E-state index is 14.0. The van der Waals surface area contributed by atoms with E-state index in [1.165, 1.54) is 31.8 Å². The summed E-state index contributed by atoms with van der Waals surface area (Å²) >= 11 is 0. The number of aromatic nitrogens is 7. The second kappa shape index (κ2) is 10.3. The van der Waals surface area contributed by atoms with E-state index in [0.717, 1.165) is 19.8 Å². The molecule has 0 aromatic carbocycles. The van der Waals surface area contributed by atoms with Crippen LogP contribution in [0, 0.1) is 6.92 Å². The SMILES string of the molecule is COc1ncnc(C2CC2)c1-c1nc(C)c2nc(NCc3ccc(S(N)(=O)=O)nc3)c(=O)n([C@@H](C)C(F)(F)F)c2n1. The van der Waals surface area contributed by atoms with Crippen molar-refractivity contribution < 1.29 is 26.3 Å². The van der Waals surface area contributed by atoms with Crippen LogP contribution in [-0.2, 0) is 16.6 Å². The maximum atomic E-state index is 14.0. The summed E-state index contributed by atoms with van der Waals surface area (Å²) in [6.45, 7) is 2.28. The highest BCUT2D eigenvalue weighted by atomic mass is 32.2. The van der Waals surface area contributed by atoms with E-state index in [0.29, 0.717) is 21.4 Å². The topological polar surface area (TPSA) is 181 Å². The minimum absolute atomic E-state index is 0.0143. The van der Waals surface area contributed by atoms with Crippen LogP contribution in [0.1, 0.15) is 48.7 Å². The fraction of sp³-hybridized carbons (Fsp3) is 0.375. The van der Waals surface area contributed by atoms with Crippen LogP contribution in [-0.4, -0.2) is 56.2 Å². The lowest BCUT2D eigenvalue weighted by Crippen LogP contribution is -2.35. The lowest BCUT2D eigenvalue weighted by Gasteiger charge is -2.22. The molecule has 1 aliphatic carbocycles. The quantitative estimate of drug-likeness (QED) is 0.307. The summed E-state index contributed by atoms with van der Waals surface area (Å²) in [5.41, 5.74) is 0.169. The molecule has 0 radical (unpaired) electrons. The van der Waals surface area contributed by atoms with Gasteiger partial charge in [0.05, 0.1) is 18.5 Å². The van der Waals surface area contributed by atoms with Gasteiger partial charge in [-0.15, -0.1) is 0 Å². The Morgan fingerprint density at radius 2 is 1.90 bits per heavy atom. The minimum atomic E-state index is -4.80. The number of hydrogen-bond donors (Lipinski definition) is 2. The molecule has 4 aromatic rings. The molecule has 0 spiro atoms. The number of primary sulfonamides is 1. The van der Waals surface area contributed by atoms with E-state index in [1.807, 2.05) is 0 Å². The molecule has 13 nitrogen and oxygen atoms in total. The molecule has 41 heavy (non-hydrogen) atoms. The third-order valence-electron chi connectivity index (χ3n) is 6.55. The number of fused-ring (bicyclic) bond motifs is 1. The first-order valence-electron chi connectivity index (χ1n) is 12.3. The Labute approximate surface area is 231 Å². The average Bonchev–Trinajstić information content (AvgIpc) is 3.76. The molecule has 0 saturated heterocycles. The first kappa shape index (κ1) is 28.3. The van der Waals surface area contributed by atoms with Crippen LogP contribution < -0.4 is 20.8 Å². The van der Waals surface area contributed by atoms with E-state index in [-0.39, 0.29) is 51.9 Å². The third-order valence-corrected chi connectivity index (χ3v) is 7.37. The van der Waals surface area contributed by atoms with Gasteiger partial charge in [-0.3, -0.25) is 9.36 Å². The molecule has 0 aliphatic heterocycles. The molecule has 4 heterocycles. The van der Waals surface area contributed by atoms with Gasteiger partial charge in [-0.05, 0) is 38.3 Å². The van der Waals surface area contributed by atoms with Crippen molar-refractivity contribution in [2.24, 2.45) is 5.14 Å². The Kier molecular flexibility index (Phi) is 7.10. The van der Waals surface area contributed by atoms with E-state index in [9.17, 15) is 26.4 Å². The zero-order valence-electron chi connectivity index (χ0n) is 22.0. The monoisotopic (exact) mass is 591 g/mol. The highest BCUT2D eigenvalue weighted by molar-refractivity contribution is 7.89. The van der Waals surface area contributed by atoms with Crippen LogP contribution in [0.25, 0.3) is 22.6 Å².